The molecule has 0 spiro atoms. The van der Waals surface area contributed by atoms with Crippen LogP contribution in [0.15, 0.2) is 10.9 Å². The van der Waals surface area contributed by atoms with Crippen LogP contribution in [0, 0.1) is 16.7 Å². The first-order chi connectivity index (χ1) is 9.03. The van der Waals surface area contributed by atoms with Gasteiger partial charge in [0.1, 0.15) is 5.41 Å². The molecule has 102 valence electrons. The van der Waals surface area contributed by atoms with Crippen LogP contribution in [0.2, 0.25) is 0 Å². The molecule has 1 saturated heterocycles. The molecule has 1 amide bonds. The number of carbonyl (C=O) groups is 1. The van der Waals surface area contributed by atoms with Crippen LogP contribution in [-0.2, 0) is 11.3 Å². The number of nitriles is 1. The summed E-state index contributed by atoms with van der Waals surface area (Å²) in [4.78, 5) is 20.5. The van der Waals surface area contributed by atoms with Crippen LogP contribution in [0.5, 0.6) is 0 Å². The molecule has 6 heteroatoms. The van der Waals surface area contributed by atoms with E-state index in [0.717, 1.165) is 25.3 Å². The van der Waals surface area contributed by atoms with Crippen LogP contribution < -0.4 is 0 Å². The Morgan fingerprint density at radius 1 is 1.47 bits per heavy atom. The van der Waals surface area contributed by atoms with Gasteiger partial charge in [0.2, 0.25) is 5.91 Å². The maximum absolute atomic E-state index is 12.1. The second-order valence-corrected chi connectivity index (χ2v) is 6.00. The van der Waals surface area contributed by atoms with Gasteiger partial charge in [-0.2, -0.15) is 5.26 Å². The average Bonchev–Trinajstić information content (AvgIpc) is 2.91. The van der Waals surface area contributed by atoms with Crippen molar-refractivity contribution in [2.75, 3.05) is 26.2 Å². The number of amides is 1. The fraction of sp³-hybridized carbons (Fsp3) is 0.615. The molecule has 1 aromatic heterocycles. The normalized spacial score (nSPS) is 17.2. The fourth-order valence-electron chi connectivity index (χ4n) is 2.10. The van der Waals surface area contributed by atoms with Crippen LogP contribution in [0.1, 0.15) is 19.5 Å². The first-order valence-electron chi connectivity index (χ1n) is 6.33. The summed E-state index contributed by atoms with van der Waals surface area (Å²) in [5.74, 6) is -0.0664. The molecule has 1 aliphatic heterocycles. The van der Waals surface area contributed by atoms with Crippen molar-refractivity contribution < 1.29 is 4.79 Å². The van der Waals surface area contributed by atoms with Crippen molar-refractivity contribution >= 4 is 17.2 Å². The molecular weight excluding hydrogens is 260 g/mol. The Labute approximate surface area is 117 Å². The number of piperazine rings is 1. The van der Waals surface area contributed by atoms with Crippen LogP contribution in [0.3, 0.4) is 0 Å². The van der Waals surface area contributed by atoms with Gasteiger partial charge in [-0.1, -0.05) is 0 Å². The van der Waals surface area contributed by atoms with Crippen LogP contribution in [0.4, 0.5) is 0 Å². The highest BCUT2D eigenvalue weighted by Gasteiger charge is 2.33. The molecule has 0 aliphatic carbocycles. The first-order valence-corrected chi connectivity index (χ1v) is 7.27. The minimum Gasteiger partial charge on any atom is -0.339 e. The molecule has 0 bridgehead atoms. The Morgan fingerprint density at radius 2 is 2.16 bits per heavy atom. The number of carbonyl (C=O) groups excluding carboxylic acids is 1. The number of aromatic nitrogens is 1. The Kier molecular flexibility index (Phi) is 4.17. The van der Waals surface area contributed by atoms with Crippen molar-refractivity contribution in [1.29, 1.82) is 5.26 Å². The third-order valence-electron chi connectivity index (χ3n) is 3.34. The molecule has 0 N–H and O–H groups in total. The summed E-state index contributed by atoms with van der Waals surface area (Å²) < 4.78 is 0. The van der Waals surface area contributed by atoms with Gasteiger partial charge in [-0.25, -0.2) is 4.98 Å². The van der Waals surface area contributed by atoms with Crippen LogP contribution in [-0.4, -0.2) is 46.9 Å². The number of nitrogens with zero attached hydrogens (tertiary/aromatic N) is 4. The van der Waals surface area contributed by atoms with Crippen molar-refractivity contribution in [3.8, 4) is 6.07 Å². The standard InChI is InChI=1S/C13H18N4OS/c1-13(2,9-14)12(18)17-5-3-16(4-6-17)7-11-8-19-10-15-11/h8,10H,3-7H2,1-2H3. The van der Waals surface area contributed by atoms with E-state index in [2.05, 4.69) is 21.3 Å². The molecular formula is C13H18N4OS. The largest absolute Gasteiger partial charge is 0.339 e. The third-order valence-corrected chi connectivity index (χ3v) is 3.98. The van der Waals surface area contributed by atoms with Gasteiger partial charge < -0.3 is 4.90 Å². The monoisotopic (exact) mass is 278 g/mol. The van der Waals surface area contributed by atoms with Gasteiger partial charge in [0.15, 0.2) is 0 Å². The van der Waals surface area contributed by atoms with Crippen LogP contribution >= 0.6 is 11.3 Å². The Bertz CT molecular complexity index is 469. The highest BCUT2D eigenvalue weighted by Crippen LogP contribution is 2.19. The topological polar surface area (TPSA) is 60.2 Å². The number of hydrogen-bond donors (Lipinski definition) is 0. The van der Waals surface area contributed by atoms with E-state index >= 15 is 0 Å². The van der Waals surface area contributed by atoms with Gasteiger partial charge in [0, 0.05) is 38.1 Å². The van der Waals surface area contributed by atoms with Gasteiger partial charge in [0.05, 0.1) is 17.3 Å². The van der Waals surface area contributed by atoms with E-state index in [1.165, 1.54) is 0 Å². The zero-order valence-corrected chi connectivity index (χ0v) is 12.1. The van der Waals surface area contributed by atoms with Crippen molar-refractivity contribution in [2.24, 2.45) is 5.41 Å². The van der Waals surface area contributed by atoms with Gasteiger partial charge in [-0.05, 0) is 13.8 Å². The van der Waals surface area contributed by atoms with Crippen molar-refractivity contribution in [2.45, 2.75) is 20.4 Å². The molecule has 0 radical (unpaired) electrons. The predicted molar refractivity (Wildman–Crippen MR) is 73.4 cm³/mol. The molecule has 2 rings (SSSR count). The summed E-state index contributed by atoms with van der Waals surface area (Å²) in [7, 11) is 0. The lowest BCUT2D eigenvalue weighted by molar-refractivity contribution is -0.139. The lowest BCUT2D eigenvalue weighted by Gasteiger charge is -2.36. The summed E-state index contributed by atoms with van der Waals surface area (Å²) in [5.41, 5.74) is 2.00. The maximum Gasteiger partial charge on any atom is 0.242 e. The van der Waals surface area contributed by atoms with Gasteiger partial charge in [0.25, 0.3) is 0 Å². The van der Waals surface area contributed by atoms with Crippen molar-refractivity contribution in [3.63, 3.8) is 0 Å². The summed E-state index contributed by atoms with van der Waals surface area (Å²) in [6, 6.07) is 2.07. The predicted octanol–water partition coefficient (Wildman–Crippen LogP) is 1.34. The van der Waals surface area contributed by atoms with E-state index < -0.39 is 5.41 Å². The summed E-state index contributed by atoms with van der Waals surface area (Å²) in [6.45, 7) is 7.25. The van der Waals surface area contributed by atoms with Gasteiger partial charge >= 0.3 is 0 Å². The molecule has 1 aliphatic rings. The number of hydrogen-bond acceptors (Lipinski definition) is 5. The smallest absolute Gasteiger partial charge is 0.242 e. The molecule has 19 heavy (non-hydrogen) atoms. The lowest BCUT2D eigenvalue weighted by Crippen LogP contribution is -2.51. The summed E-state index contributed by atoms with van der Waals surface area (Å²) >= 11 is 1.60. The van der Waals surface area contributed by atoms with Crippen LogP contribution in [0.25, 0.3) is 0 Å². The summed E-state index contributed by atoms with van der Waals surface area (Å²) in [6.07, 6.45) is 0. The molecule has 0 aromatic carbocycles. The Hall–Kier alpha value is -1.45. The van der Waals surface area contributed by atoms with E-state index in [1.807, 2.05) is 5.51 Å². The lowest BCUT2D eigenvalue weighted by atomic mass is 9.93. The molecule has 0 unspecified atom stereocenters. The highest BCUT2D eigenvalue weighted by atomic mass is 32.1. The third kappa shape index (κ3) is 3.31. The average molecular weight is 278 g/mol. The van der Waals surface area contributed by atoms with E-state index in [1.54, 1.807) is 30.1 Å². The van der Waals surface area contributed by atoms with Crippen molar-refractivity contribution in [3.05, 3.63) is 16.6 Å². The molecule has 1 aromatic rings. The van der Waals surface area contributed by atoms with E-state index in [-0.39, 0.29) is 5.91 Å². The Balaban J connectivity index is 1.86. The SMILES string of the molecule is CC(C)(C#N)C(=O)N1CCN(Cc2cscn2)CC1. The number of thiazole rings is 1. The minimum atomic E-state index is -0.920. The molecule has 5 nitrogen and oxygen atoms in total. The summed E-state index contributed by atoms with van der Waals surface area (Å²) in [5, 5.41) is 11.1. The van der Waals surface area contributed by atoms with Gasteiger partial charge in [-0.15, -0.1) is 11.3 Å². The molecule has 2 heterocycles. The second kappa shape index (κ2) is 5.68. The maximum atomic E-state index is 12.1. The van der Waals surface area contributed by atoms with Gasteiger partial charge in [-0.3, -0.25) is 9.69 Å². The molecule has 0 atom stereocenters. The second-order valence-electron chi connectivity index (χ2n) is 5.28. The number of rotatable bonds is 3. The van der Waals surface area contributed by atoms with Crippen molar-refractivity contribution in [1.82, 2.24) is 14.8 Å². The first kappa shape index (κ1) is 14.0. The Morgan fingerprint density at radius 3 is 2.68 bits per heavy atom. The fourth-order valence-corrected chi connectivity index (χ4v) is 2.65. The van der Waals surface area contributed by atoms with E-state index in [4.69, 9.17) is 5.26 Å². The minimum absolute atomic E-state index is 0.0664. The molecule has 1 fully saturated rings. The highest BCUT2D eigenvalue weighted by molar-refractivity contribution is 7.07. The zero-order chi connectivity index (χ0) is 13.9. The quantitative estimate of drug-likeness (QED) is 0.837. The van der Waals surface area contributed by atoms with E-state index in [0.29, 0.717) is 13.1 Å². The van der Waals surface area contributed by atoms with E-state index in [9.17, 15) is 4.79 Å². The molecule has 0 saturated carbocycles. The zero-order valence-electron chi connectivity index (χ0n) is 11.3.